The van der Waals surface area contributed by atoms with Crippen molar-refractivity contribution in [2.24, 2.45) is 0 Å². The first-order chi connectivity index (χ1) is 9.54. The molecule has 0 saturated heterocycles. The SMILES string of the molecule is C=CCNC(=O)CCn1cnc2sc(C)c(C)c2c1=O. The monoisotopic (exact) mass is 291 g/mol. The fraction of sp³-hybridized carbons (Fsp3) is 0.357. The van der Waals surface area contributed by atoms with Gasteiger partial charge in [-0.05, 0) is 19.4 Å². The minimum Gasteiger partial charge on any atom is -0.353 e. The summed E-state index contributed by atoms with van der Waals surface area (Å²) >= 11 is 1.52. The average Bonchev–Trinajstić information content (AvgIpc) is 2.72. The molecule has 0 atom stereocenters. The predicted octanol–water partition coefficient (Wildman–Crippen LogP) is 1.77. The zero-order chi connectivity index (χ0) is 14.7. The molecule has 2 rings (SSSR count). The van der Waals surface area contributed by atoms with Gasteiger partial charge in [-0.3, -0.25) is 14.2 Å². The predicted molar refractivity (Wildman–Crippen MR) is 81.2 cm³/mol. The molecule has 106 valence electrons. The van der Waals surface area contributed by atoms with E-state index in [-0.39, 0.29) is 17.9 Å². The molecule has 0 unspecified atom stereocenters. The molecule has 2 heterocycles. The first-order valence-corrected chi connectivity index (χ1v) is 7.19. The molecule has 2 aromatic rings. The largest absolute Gasteiger partial charge is 0.353 e. The van der Waals surface area contributed by atoms with Gasteiger partial charge in [0.25, 0.3) is 5.56 Å². The molecule has 0 aromatic carbocycles. The van der Waals surface area contributed by atoms with Crippen molar-refractivity contribution in [3.8, 4) is 0 Å². The number of rotatable bonds is 5. The van der Waals surface area contributed by atoms with E-state index in [0.29, 0.717) is 18.5 Å². The van der Waals surface area contributed by atoms with Gasteiger partial charge in [-0.2, -0.15) is 0 Å². The topological polar surface area (TPSA) is 64.0 Å². The molecule has 0 radical (unpaired) electrons. The first-order valence-electron chi connectivity index (χ1n) is 6.37. The van der Waals surface area contributed by atoms with Crippen molar-refractivity contribution in [1.82, 2.24) is 14.9 Å². The van der Waals surface area contributed by atoms with Crippen molar-refractivity contribution in [2.75, 3.05) is 6.54 Å². The van der Waals surface area contributed by atoms with Crippen LogP contribution in [0, 0.1) is 13.8 Å². The molecule has 0 fully saturated rings. The lowest BCUT2D eigenvalue weighted by atomic mass is 10.2. The summed E-state index contributed by atoms with van der Waals surface area (Å²) in [5.41, 5.74) is 0.904. The number of nitrogens with zero attached hydrogens (tertiary/aromatic N) is 2. The summed E-state index contributed by atoms with van der Waals surface area (Å²) in [4.78, 5) is 30.1. The number of fused-ring (bicyclic) bond motifs is 1. The Morgan fingerprint density at radius 2 is 2.30 bits per heavy atom. The van der Waals surface area contributed by atoms with Crippen LogP contribution in [-0.2, 0) is 11.3 Å². The number of hydrogen-bond acceptors (Lipinski definition) is 4. The number of carbonyl (C=O) groups excluding carboxylic acids is 1. The summed E-state index contributed by atoms with van der Waals surface area (Å²) in [5, 5.41) is 3.35. The maximum atomic E-state index is 12.4. The molecule has 1 N–H and O–H groups in total. The summed E-state index contributed by atoms with van der Waals surface area (Å²) < 4.78 is 1.50. The highest BCUT2D eigenvalue weighted by Gasteiger charge is 2.12. The van der Waals surface area contributed by atoms with Crippen molar-refractivity contribution in [2.45, 2.75) is 26.8 Å². The maximum Gasteiger partial charge on any atom is 0.262 e. The Morgan fingerprint density at radius 3 is 3.00 bits per heavy atom. The highest BCUT2D eigenvalue weighted by molar-refractivity contribution is 7.18. The van der Waals surface area contributed by atoms with Crippen molar-refractivity contribution >= 4 is 27.5 Å². The normalized spacial score (nSPS) is 10.7. The smallest absolute Gasteiger partial charge is 0.262 e. The van der Waals surface area contributed by atoms with E-state index in [1.165, 1.54) is 22.2 Å². The number of amides is 1. The van der Waals surface area contributed by atoms with Crippen LogP contribution in [-0.4, -0.2) is 22.0 Å². The molecule has 0 aliphatic heterocycles. The van der Waals surface area contributed by atoms with Gasteiger partial charge in [0.05, 0.1) is 11.7 Å². The van der Waals surface area contributed by atoms with Crippen LogP contribution >= 0.6 is 11.3 Å². The zero-order valence-electron chi connectivity index (χ0n) is 11.6. The molecule has 6 heteroatoms. The van der Waals surface area contributed by atoms with Gasteiger partial charge in [0.15, 0.2) is 0 Å². The third-order valence-electron chi connectivity index (χ3n) is 3.18. The lowest BCUT2D eigenvalue weighted by molar-refractivity contribution is -0.121. The minimum atomic E-state index is -0.102. The quantitative estimate of drug-likeness (QED) is 0.854. The lowest BCUT2D eigenvalue weighted by Gasteiger charge is -2.05. The van der Waals surface area contributed by atoms with Crippen LogP contribution in [0.2, 0.25) is 0 Å². The number of thiophene rings is 1. The third kappa shape index (κ3) is 2.80. The minimum absolute atomic E-state index is 0.0756. The van der Waals surface area contributed by atoms with Gasteiger partial charge < -0.3 is 5.32 Å². The number of carbonyl (C=O) groups is 1. The van der Waals surface area contributed by atoms with Crippen molar-refractivity contribution < 1.29 is 4.79 Å². The second kappa shape index (κ2) is 6.00. The van der Waals surface area contributed by atoms with E-state index in [1.54, 1.807) is 6.08 Å². The second-order valence-corrected chi connectivity index (χ2v) is 5.75. The molecule has 20 heavy (non-hydrogen) atoms. The van der Waals surface area contributed by atoms with E-state index in [2.05, 4.69) is 16.9 Å². The molecule has 0 aliphatic carbocycles. The van der Waals surface area contributed by atoms with E-state index in [1.807, 2.05) is 13.8 Å². The van der Waals surface area contributed by atoms with Crippen LogP contribution in [0.3, 0.4) is 0 Å². The average molecular weight is 291 g/mol. The Morgan fingerprint density at radius 1 is 1.55 bits per heavy atom. The Kier molecular flexibility index (Phi) is 4.34. The zero-order valence-corrected chi connectivity index (χ0v) is 12.4. The van der Waals surface area contributed by atoms with E-state index >= 15 is 0 Å². The highest BCUT2D eigenvalue weighted by Crippen LogP contribution is 2.25. The van der Waals surface area contributed by atoms with E-state index in [0.717, 1.165) is 15.3 Å². The number of aryl methyl sites for hydroxylation is 3. The molecule has 0 aliphatic rings. The molecule has 1 amide bonds. The molecule has 0 saturated carbocycles. The van der Waals surface area contributed by atoms with Crippen molar-refractivity contribution in [3.63, 3.8) is 0 Å². The first kappa shape index (κ1) is 14.5. The number of aromatic nitrogens is 2. The Balaban J connectivity index is 2.21. The Labute approximate surface area is 121 Å². The van der Waals surface area contributed by atoms with E-state index < -0.39 is 0 Å². The summed E-state index contributed by atoms with van der Waals surface area (Å²) in [7, 11) is 0. The molecule has 0 spiro atoms. The van der Waals surface area contributed by atoms with Crippen molar-refractivity contribution in [1.29, 1.82) is 0 Å². The van der Waals surface area contributed by atoms with Crippen LogP contribution in [0.25, 0.3) is 10.2 Å². The van der Waals surface area contributed by atoms with Crippen LogP contribution in [0.5, 0.6) is 0 Å². The second-order valence-electron chi connectivity index (χ2n) is 4.55. The standard InChI is InChI=1S/C14H17N3O2S/c1-4-6-15-11(18)5-7-17-8-16-13-12(14(17)19)9(2)10(3)20-13/h4,8H,1,5-7H2,2-3H3,(H,15,18). The molecule has 2 aromatic heterocycles. The van der Waals surface area contributed by atoms with Gasteiger partial charge in [0, 0.05) is 24.4 Å². The highest BCUT2D eigenvalue weighted by atomic mass is 32.1. The number of hydrogen-bond donors (Lipinski definition) is 1. The molecule has 5 nitrogen and oxygen atoms in total. The van der Waals surface area contributed by atoms with Gasteiger partial charge in [-0.25, -0.2) is 4.98 Å². The van der Waals surface area contributed by atoms with Crippen LogP contribution in [0.15, 0.2) is 23.8 Å². The van der Waals surface area contributed by atoms with Crippen LogP contribution in [0.1, 0.15) is 16.9 Å². The van der Waals surface area contributed by atoms with Gasteiger partial charge in [0.1, 0.15) is 4.83 Å². The van der Waals surface area contributed by atoms with Gasteiger partial charge >= 0.3 is 0 Å². The Bertz CT molecular complexity index is 715. The maximum absolute atomic E-state index is 12.4. The van der Waals surface area contributed by atoms with Crippen LogP contribution in [0.4, 0.5) is 0 Å². The van der Waals surface area contributed by atoms with Gasteiger partial charge in [0.2, 0.25) is 5.91 Å². The summed E-state index contributed by atoms with van der Waals surface area (Å²) in [5.74, 6) is -0.102. The number of nitrogens with one attached hydrogen (secondary N) is 1. The fourth-order valence-corrected chi connectivity index (χ4v) is 2.91. The van der Waals surface area contributed by atoms with Gasteiger partial charge in [-0.1, -0.05) is 6.08 Å². The summed E-state index contributed by atoms with van der Waals surface area (Å²) in [6.07, 6.45) is 3.39. The van der Waals surface area contributed by atoms with Crippen molar-refractivity contribution in [3.05, 3.63) is 39.8 Å². The van der Waals surface area contributed by atoms with Gasteiger partial charge in [-0.15, -0.1) is 17.9 Å². The summed E-state index contributed by atoms with van der Waals surface area (Å²) in [6.45, 7) is 8.21. The molecule has 0 bridgehead atoms. The fourth-order valence-electron chi connectivity index (χ4n) is 1.93. The van der Waals surface area contributed by atoms with E-state index in [9.17, 15) is 9.59 Å². The Hall–Kier alpha value is -1.95. The molecular weight excluding hydrogens is 274 g/mol. The lowest BCUT2D eigenvalue weighted by Crippen LogP contribution is -2.27. The van der Waals surface area contributed by atoms with E-state index in [4.69, 9.17) is 0 Å². The van der Waals surface area contributed by atoms with Crippen LogP contribution < -0.4 is 10.9 Å². The molecular formula is C14H17N3O2S. The third-order valence-corrected chi connectivity index (χ3v) is 4.29. The summed E-state index contributed by atoms with van der Waals surface area (Å²) in [6, 6.07) is 0.